The number of nitrogens with zero attached hydrogens (tertiary/aromatic N) is 2. The van der Waals surface area contributed by atoms with Crippen LogP contribution in [0.3, 0.4) is 0 Å². The summed E-state index contributed by atoms with van der Waals surface area (Å²) in [6.07, 6.45) is 2.72. The molecule has 0 fully saturated rings. The van der Waals surface area contributed by atoms with E-state index in [1.165, 1.54) is 12.1 Å². The second-order valence-corrected chi connectivity index (χ2v) is 3.63. The van der Waals surface area contributed by atoms with E-state index < -0.39 is 5.82 Å². The van der Waals surface area contributed by atoms with E-state index in [9.17, 15) is 9.18 Å². The highest BCUT2D eigenvalue weighted by molar-refractivity contribution is 6.12. The van der Waals surface area contributed by atoms with Crippen molar-refractivity contribution in [3.05, 3.63) is 29.8 Å². The number of carbonyl (C=O) groups excluding carboxylic acids is 1. The first-order chi connectivity index (χ1) is 7.70. The SMILES string of the molecule is CCCC1N=C(c2ccc(F)cn2)NC1=O. The zero-order valence-corrected chi connectivity index (χ0v) is 8.90. The third-order valence-electron chi connectivity index (χ3n) is 2.36. The predicted octanol–water partition coefficient (Wildman–Crippen LogP) is 1.27. The van der Waals surface area contributed by atoms with Crippen molar-refractivity contribution < 1.29 is 9.18 Å². The third-order valence-corrected chi connectivity index (χ3v) is 2.36. The van der Waals surface area contributed by atoms with Crippen molar-refractivity contribution in [2.75, 3.05) is 0 Å². The molecule has 1 amide bonds. The highest BCUT2D eigenvalue weighted by atomic mass is 19.1. The largest absolute Gasteiger partial charge is 0.307 e. The first kappa shape index (κ1) is 10.7. The van der Waals surface area contributed by atoms with Crippen LogP contribution in [0.25, 0.3) is 0 Å². The van der Waals surface area contributed by atoms with Crippen molar-refractivity contribution in [1.29, 1.82) is 0 Å². The summed E-state index contributed by atoms with van der Waals surface area (Å²) in [5, 5.41) is 2.65. The van der Waals surface area contributed by atoms with Crippen molar-refractivity contribution in [2.24, 2.45) is 4.99 Å². The van der Waals surface area contributed by atoms with Gasteiger partial charge in [-0.3, -0.25) is 9.79 Å². The second-order valence-electron chi connectivity index (χ2n) is 3.63. The molecule has 1 aliphatic heterocycles. The summed E-state index contributed by atoms with van der Waals surface area (Å²) in [6, 6.07) is 2.47. The van der Waals surface area contributed by atoms with E-state index >= 15 is 0 Å². The molecular formula is C11H12FN3O. The molecule has 0 saturated heterocycles. The number of halogens is 1. The number of carbonyl (C=O) groups is 1. The Balaban J connectivity index is 2.20. The molecular weight excluding hydrogens is 209 g/mol. The minimum absolute atomic E-state index is 0.108. The van der Waals surface area contributed by atoms with E-state index in [0.717, 1.165) is 19.0 Å². The van der Waals surface area contributed by atoms with Crippen LogP contribution in [-0.2, 0) is 4.79 Å². The number of nitrogens with one attached hydrogen (secondary N) is 1. The van der Waals surface area contributed by atoms with Crippen LogP contribution in [-0.4, -0.2) is 22.8 Å². The van der Waals surface area contributed by atoms with Crippen molar-refractivity contribution >= 4 is 11.7 Å². The van der Waals surface area contributed by atoms with E-state index in [4.69, 9.17) is 0 Å². The van der Waals surface area contributed by atoms with E-state index in [1.54, 1.807) is 0 Å². The summed E-state index contributed by atoms with van der Waals surface area (Å²) in [4.78, 5) is 19.6. The Labute approximate surface area is 92.6 Å². The standard InChI is InChI=1S/C11H12FN3O/c1-2-3-9-11(16)15-10(14-9)8-5-4-7(12)6-13-8/h4-6,9H,2-3H2,1H3,(H,14,15,16). The second kappa shape index (κ2) is 4.38. The Kier molecular flexibility index (Phi) is 2.94. The summed E-state index contributed by atoms with van der Waals surface area (Å²) in [5.41, 5.74) is 0.494. The lowest BCUT2D eigenvalue weighted by molar-refractivity contribution is -0.120. The number of aromatic nitrogens is 1. The average molecular weight is 221 g/mol. The topological polar surface area (TPSA) is 54.4 Å². The molecule has 1 unspecified atom stereocenters. The van der Waals surface area contributed by atoms with Crippen molar-refractivity contribution in [1.82, 2.24) is 10.3 Å². The molecule has 84 valence electrons. The van der Waals surface area contributed by atoms with Crippen molar-refractivity contribution in [2.45, 2.75) is 25.8 Å². The maximum absolute atomic E-state index is 12.7. The lowest BCUT2D eigenvalue weighted by Gasteiger charge is -1.99. The van der Waals surface area contributed by atoms with Gasteiger partial charge in [-0.1, -0.05) is 13.3 Å². The van der Waals surface area contributed by atoms with Gasteiger partial charge in [-0.25, -0.2) is 9.37 Å². The molecule has 1 aromatic heterocycles. The Morgan fingerprint density at radius 1 is 1.50 bits per heavy atom. The number of rotatable bonds is 3. The maximum atomic E-state index is 12.7. The van der Waals surface area contributed by atoms with Crippen LogP contribution in [0.15, 0.2) is 23.3 Å². The van der Waals surface area contributed by atoms with Gasteiger partial charge in [-0.2, -0.15) is 0 Å². The average Bonchev–Trinajstić information content (AvgIpc) is 2.62. The summed E-state index contributed by atoms with van der Waals surface area (Å²) in [6.45, 7) is 2.00. The van der Waals surface area contributed by atoms with E-state index in [1.807, 2.05) is 6.92 Å². The number of pyridine rings is 1. The van der Waals surface area contributed by atoms with Crippen LogP contribution in [0, 0.1) is 5.82 Å². The fourth-order valence-corrected chi connectivity index (χ4v) is 1.56. The Morgan fingerprint density at radius 3 is 2.94 bits per heavy atom. The quantitative estimate of drug-likeness (QED) is 0.835. The van der Waals surface area contributed by atoms with Gasteiger partial charge in [-0.05, 0) is 18.6 Å². The fraction of sp³-hybridized carbons (Fsp3) is 0.364. The lowest BCUT2D eigenvalue weighted by atomic mass is 10.2. The van der Waals surface area contributed by atoms with Crippen molar-refractivity contribution in [3.63, 3.8) is 0 Å². The number of amidine groups is 1. The lowest BCUT2D eigenvalue weighted by Crippen LogP contribution is -2.29. The number of hydrogen-bond donors (Lipinski definition) is 1. The molecule has 1 atom stereocenters. The minimum atomic E-state index is -0.404. The zero-order valence-electron chi connectivity index (χ0n) is 8.90. The first-order valence-corrected chi connectivity index (χ1v) is 5.21. The van der Waals surface area contributed by atoms with E-state index in [-0.39, 0.29) is 11.9 Å². The van der Waals surface area contributed by atoms with Crippen LogP contribution < -0.4 is 5.32 Å². The molecule has 16 heavy (non-hydrogen) atoms. The number of aliphatic imine (C=N–C) groups is 1. The number of amides is 1. The molecule has 1 aliphatic rings. The Hall–Kier alpha value is -1.78. The van der Waals surface area contributed by atoms with E-state index in [0.29, 0.717) is 11.5 Å². The molecule has 2 rings (SSSR count). The highest BCUT2D eigenvalue weighted by Gasteiger charge is 2.26. The summed E-state index contributed by atoms with van der Waals surface area (Å²) in [5.74, 6) is -0.0785. The molecule has 4 nitrogen and oxygen atoms in total. The van der Waals surface area contributed by atoms with Gasteiger partial charge in [0.25, 0.3) is 0 Å². The molecule has 2 heterocycles. The maximum Gasteiger partial charge on any atom is 0.250 e. The molecule has 0 aromatic carbocycles. The molecule has 5 heteroatoms. The minimum Gasteiger partial charge on any atom is -0.307 e. The summed E-state index contributed by atoms with van der Waals surface area (Å²) >= 11 is 0. The van der Waals surface area contributed by atoms with Crippen LogP contribution in [0.5, 0.6) is 0 Å². The van der Waals surface area contributed by atoms with Crippen LogP contribution in [0.1, 0.15) is 25.5 Å². The van der Waals surface area contributed by atoms with E-state index in [2.05, 4.69) is 15.3 Å². The van der Waals surface area contributed by atoms with Gasteiger partial charge in [0, 0.05) is 0 Å². The van der Waals surface area contributed by atoms with Crippen LogP contribution in [0.4, 0.5) is 4.39 Å². The predicted molar refractivity (Wildman–Crippen MR) is 57.6 cm³/mol. The monoisotopic (exact) mass is 221 g/mol. The van der Waals surface area contributed by atoms with Gasteiger partial charge in [-0.15, -0.1) is 0 Å². The fourth-order valence-electron chi connectivity index (χ4n) is 1.56. The van der Waals surface area contributed by atoms with Gasteiger partial charge in [0.05, 0.1) is 6.20 Å². The van der Waals surface area contributed by atoms with Gasteiger partial charge in [0.2, 0.25) is 5.91 Å². The summed E-state index contributed by atoms with van der Waals surface area (Å²) in [7, 11) is 0. The van der Waals surface area contributed by atoms with Gasteiger partial charge in [0.15, 0.2) is 5.84 Å². The van der Waals surface area contributed by atoms with Crippen LogP contribution in [0.2, 0.25) is 0 Å². The molecule has 1 aromatic rings. The van der Waals surface area contributed by atoms with Gasteiger partial charge in [0.1, 0.15) is 17.6 Å². The zero-order chi connectivity index (χ0) is 11.5. The first-order valence-electron chi connectivity index (χ1n) is 5.21. The molecule has 0 saturated carbocycles. The van der Waals surface area contributed by atoms with Gasteiger partial charge >= 0.3 is 0 Å². The third kappa shape index (κ3) is 2.08. The summed E-state index contributed by atoms with van der Waals surface area (Å²) < 4.78 is 12.7. The molecule has 0 aliphatic carbocycles. The van der Waals surface area contributed by atoms with Gasteiger partial charge < -0.3 is 5.32 Å². The Morgan fingerprint density at radius 2 is 2.31 bits per heavy atom. The van der Waals surface area contributed by atoms with Crippen LogP contribution >= 0.6 is 0 Å². The highest BCUT2D eigenvalue weighted by Crippen LogP contribution is 2.11. The molecule has 1 N–H and O–H groups in total. The molecule has 0 spiro atoms. The smallest absolute Gasteiger partial charge is 0.250 e. The molecule has 0 radical (unpaired) electrons. The number of hydrogen-bond acceptors (Lipinski definition) is 3. The Bertz CT molecular complexity index is 427. The normalized spacial score (nSPS) is 19.5. The molecule has 0 bridgehead atoms. The van der Waals surface area contributed by atoms with Crippen molar-refractivity contribution in [3.8, 4) is 0 Å².